The molecular formula is C8H13B3IO. The van der Waals surface area contributed by atoms with Gasteiger partial charge in [-0.2, -0.15) is 22.4 Å². The first-order valence-electron chi connectivity index (χ1n) is 4.82. The van der Waals surface area contributed by atoms with Crippen LogP contribution in [0.15, 0.2) is 12.2 Å². The van der Waals surface area contributed by atoms with E-state index in [4.69, 9.17) is 4.65 Å². The lowest BCUT2D eigenvalue weighted by Gasteiger charge is -2.18. The highest BCUT2D eigenvalue weighted by Gasteiger charge is 2.09. The molecule has 0 saturated carbocycles. The predicted molar refractivity (Wildman–Crippen MR) is 68.4 cm³/mol. The highest BCUT2D eigenvalue weighted by Crippen LogP contribution is 2.14. The minimum Gasteiger partial charge on any atom is -0.449 e. The molecule has 3 radical (unpaired) electrons. The van der Waals surface area contributed by atoms with Crippen LogP contribution in [0.25, 0.3) is 0 Å². The fraction of sp³-hybridized carbons (Fsp3) is 0.750. The molecule has 0 fully saturated rings. The van der Waals surface area contributed by atoms with Crippen LogP contribution in [-0.2, 0) is 4.65 Å². The van der Waals surface area contributed by atoms with Crippen molar-refractivity contribution < 1.29 is 4.65 Å². The lowest BCUT2D eigenvalue weighted by Crippen LogP contribution is -2.21. The molecule has 1 nitrogen and oxygen atoms in total. The maximum Gasteiger partial charge on any atom is 0.232 e. The van der Waals surface area contributed by atoms with Gasteiger partial charge >= 0.3 is 0 Å². The molecule has 0 bridgehead atoms. The van der Waals surface area contributed by atoms with Gasteiger partial charge < -0.3 is 4.65 Å². The Kier molecular flexibility index (Phi) is 7.18. The molecule has 1 rings (SSSR count). The molecule has 0 N–H and O–H groups in total. The zero-order valence-corrected chi connectivity index (χ0v) is 9.94. The summed E-state index contributed by atoms with van der Waals surface area (Å²) in [5.74, 6) is 0. The minimum atomic E-state index is 0.428. The monoisotopic (exact) mass is 285 g/mol. The largest absolute Gasteiger partial charge is 0.449 e. The highest BCUT2D eigenvalue weighted by molar-refractivity contribution is 14.1. The van der Waals surface area contributed by atoms with E-state index in [1.165, 1.54) is 19.3 Å². The summed E-state index contributed by atoms with van der Waals surface area (Å²) in [6.07, 6.45) is 10.9. The Morgan fingerprint density at radius 2 is 2.08 bits per heavy atom. The summed E-state index contributed by atoms with van der Waals surface area (Å²) in [6.45, 7) is 0. The Labute approximate surface area is 96.7 Å². The summed E-state index contributed by atoms with van der Waals surface area (Å²) in [7, 11) is 3.75. The van der Waals surface area contributed by atoms with Crippen molar-refractivity contribution in [3.63, 3.8) is 0 Å². The Hall–Kier alpha value is 0.625. The maximum absolute atomic E-state index is 5.61. The second-order valence-corrected chi connectivity index (χ2v) is 3.91. The van der Waals surface area contributed by atoms with Crippen LogP contribution < -0.4 is 0 Å². The molecule has 0 heterocycles. The van der Waals surface area contributed by atoms with Gasteiger partial charge in [0.1, 0.15) is 5.03 Å². The van der Waals surface area contributed by atoms with Gasteiger partial charge in [0.15, 0.2) is 0 Å². The minimum absolute atomic E-state index is 0.428. The summed E-state index contributed by atoms with van der Waals surface area (Å²) in [5.41, 5.74) is 0. The second kappa shape index (κ2) is 7.98. The number of hydrogen-bond acceptors (Lipinski definition) is 1. The van der Waals surface area contributed by atoms with Crippen LogP contribution in [0.5, 0.6) is 0 Å². The SMILES string of the molecule is I[B][B][B]OC1CC/C=C/CCC1. The van der Waals surface area contributed by atoms with Gasteiger partial charge in [0.2, 0.25) is 7.37 Å². The summed E-state index contributed by atoms with van der Waals surface area (Å²) < 4.78 is 5.61. The lowest BCUT2D eigenvalue weighted by molar-refractivity contribution is 0.192. The van der Waals surface area contributed by atoms with Crippen LogP contribution in [0.1, 0.15) is 32.1 Å². The van der Waals surface area contributed by atoms with E-state index in [2.05, 4.69) is 34.5 Å². The van der Waals surface area contributed by atoms with Gasteiger partial charge in [-0.05, 0) is 32.1 Å². The zero-order chi connectivity index (χ0) is 9.36. The van der Waals surface area contributed by atoms with Crippen LogP contribution in [0.4, 0.5) is 0 Å². The van der Waals surface area contributed by atoms with E-state index in [1.54, 1.807) is 0 Å². The Balaban J connectivity index is 2.12. The average Bonchev–Trinajstić information content (AvgIpc) is 2.08. The van der Waals surface area contributed by atoms with Crippen molar-refractivity contribution in [1.29, 1.82) is 0 Å². The van der Waals surface area contributed by atoms with Gasteiger partial charge in [-0.1, -0.05) is 12.2 Å². The highest BCUT2D eigenvalue weighted by atomic mass is 127. The van der Waals surface area contributed by atoms with Gasteiger partial charge in [-0.3, -0.25) is 0 Å². The molecule has 0 spiro atoms. The van der Waals surface area contributed by atoms with E-state index >= 15 is 0 Å². The van der Waals surface area contributed by atoms with E-state index in [9.17, 15) is 0 Å². The molecule has 0 aromatic carbocycles. The number of halogens is 1. The second-order valence-electron chi connectivity index (χ2n) is 3.19. The molecular weight excluding hydrogens is 271 g/mol. The Morgan fingerprint density at radius 3 is 2.92 bits per heavy atom. The number of rotatable bonds is 4. The van der Waals surface area contributed by atoms with Gasteiger partial charge in [-0.15, -0.1) is 0 Å². The molecule has 0 amide bonds. The van der Waals surface area contributed by atoms with Gasteiger partial charge in [0, 0.05) is 6.10 Å². The first-order valence-corrected chi connectivity index (χ1v) is 6.07. The van der Waals surface area contributed by atoms with Crippen molar-refractivity contribution in [2.24, 2.45) is 0 Å². The van der Waals surface area contributed by atoms with Crippen molar-refractivity contribution in [2.75, 3.05) is 0 Å². The van der Waals surface area contributed by atoms with Crippen LogP contribution in [0.3, 0.4) is 0 Å². The van der Waals surface area contributed by atoms with Gasteiger partial charge in [-0.25, -0.2) is 0 Å². The number of hydrogen-bond donors (Lipinski definition) is 0. The van der Waals surface area contributed by atoms with Gasteiger partial charge in [0.25, 0.3) is 0 Å². The smallest absolute Gasteiger partial charge is 0.232 e. The third-order valence-corrected chi connectivity index (χ3v) is 2.56. The standard InChI is InChI=1S/C8H13B3IO/c12-10-9-11-13-8-6-4-2-1-3-5-7-8/h1-2,8H,3-7H2/b2-1+. The fourth-order valence-corrected chi connectivity index (χ4v) is 1.62. The molecule has 0 aromatic rings. The van der Waals surface area contributed by atoms with Crippen molar-refractivity contribution in [3.8, 4) is 0 Å². The molecule has 1 unspecified atom stereocenters. The predicted octanol–water partition coefficient (Wildman–Crippen LogP) is 2.10. The van der Waals surface area contributed by atoms with E-state index in [0.717, 1.165) is 12.8 Å². The summed E-state index contributed by atoms with van der Waals surface area (Å²) in [5, 5.41) is 1.96. The molecule has 13 heavy (non-hydrogen) atoms. The summed E-state index contributed by atoms with van der Waals surface area (Å²) in [6, 6.07) is 0. The summed E-state index contributed by atoms with van der Waals surface area (Å²) >= 11 is 2.19. The van der Waals surface area contributed by atoms with E-state index < -0.39 is 0 Å². The van der Waals surface area contributed by atoms with Crippen molar-refractivity contribution in [1.82, 2.24) is 0 Å². The molecule has 5 heteroatoms. The molecule has 1 aliphatic rings. The third-order valence-electron chi connectivity index (χ3n) is 2.14. The maximum atomic E-state index is 5.61. The van der Waals surface area contributed by atoms with Gasteiger partial charge in [0.05, 0.1) is 7.06 Å². The zero-order valence-electron chi connectivity index (χ0n) is 7.79. The van der Waals surface area contributed by atoms with Crippen LogP contribution >= 0.6 is 22.4 Å². The molecule has 1 atom stereocenters. The molecule has 1 aliphatic carbocycles. The van der Waals surface area contributed by atoms with Crippen molar-refractivity contribution in [3.05, 3.63) is 12.2 Å². The first-order chi connectivity index (χ1) is 6.43. The van der Waals surface area contributed by atoms with Crippen LogP contribution in [-0.4, -0.2) is 25.6 Å². The van der Waals surface area contributed by atoms with E-state index in [1.807, 2.05) is 19.5 Å². The Morgan fingerprint density at radius 1 is 1.23 bits per heavy atom. The number of allylic oxidation sites excluding steroid dienone is 2. The molecule has 0 aliphatic heterocycles. The van der Waals surface area contributed by atoms with E-state index in [0.29, 0.717) is 6.10 Å². The molecule has 0 aromatic heterocycles. The van der Waals surface area contributed by atoms with Crippen LogP contribution in [0, 0.1) is 0 Å². The van der Waals surface area contributed by atoms with Crippen molar-refractivity contribution >= 4 is 41.8 Å². The average molecular weight is 285 g/mol. The molecule has 0 saturated heterocycles. The van der Waals surface area contributed by atoms with E-state index in [-0.39, 0.29) is 0 Å². The van der Waals surface area contributed by atoms with Crippen molar-refractivity contribution in [2.45, 2.75) is 38.2 Å². The topological polar surface area (TPSA) is 9.23 Å². The molecule has 67 valence electrons. The fourth-order valence-electron chi connectivity index (χ4n) is 1.45. The first kappa shape index (κ1) is 11.7. The lowest BCUT2D eigenvalue weighted by atomic mass is 9.35. The van der Waals surface area contributed by atoms with Crippen LogP contribution in [0.2, 0.25) is 0 Å². The third kappa shape index (κ3) is 5.84. The summed E-state index contributed by atoms with van der Waals surface area (Å²) in [4.78, 5) is 0. The normalized spacial score (nSPS) is 25.5. The quantitative estimate of drug-likeness (QED) is 0.332. The Bertz CT molecular complexity index is 154.